The number of carbonyl (C=O) groups excluding carboxylic acids is 1. The maximum atomic E-state index is 12.9. The van der Waals surface area contributed by atoms with E-state index in [2.05, 4.69) is 34.4 Å². The summed E-state index contributed by atoms with van der Waals surface area (Å²) >= 11 is 6.24. The van der Waals surface area contributed by atoms with Crippen LogP contribution in [0.15, 0.2) is 47.3 Å². The molecule has 4 rings (SSSR count). The molecule has 2 heterocycles. The van der Waals surface area contributed by atoms with E-state index >= 15 is 0 Å². The third kappa shape index (κ3) is 4.96. The van der Waals surface area contributed by atoms with E-state index in [0.717, 1.165) is 41.0 Å². The fourth-order valence-electron chi connectivity index (χ4n) is 4.44. The van der Waals surface area contributed by atoms with Crippen molar-refractivity contribution >= 4 is 29.0 Å². The van der Waals surface area contributed by atoms with Gasteiger partial charge in [0.25, 0.3) is 5.56 Å². The first-order valence-electron chi connectivity index (χ1n) is 11.2. The van der Waals surface area contributed by atoms with Crippen molar-refractivity contribution in [1.29, 1.82) is 0 Å². The molecule has 0 radical (unpaired) electrons. The molecule has 1 fully saturated rings. The second-order valence-corrected chi connectivity index (χ2v) is 9.31. The lowest BCUT2D eigenvalue weighted by atomic mass is 9.95. The molecule has 2 aromatic carbocycles. The molecule has 1 aromatic heterocycles. The van der Waals surface area contributed by atoms with Crippen molar-refractivity contribution in [1.82, 2.24) is 9.78 Å². The average molecular weight is 465 g/mol. The topological polar surface area (TPSA) is 67.2 Å². The normalized spacial score (nSPS) is 14.4. The Kier molecular flexibility index (Phi) is 6.56. The Bertz CT molecular complexity index is 1240. The number of benzene rings is 2. The zero-order valence-electron chi connectivity index (χ0n) is 19.5. The van der Waals surface area contributed by atoms with Gasteiger partial charge in [-0.25, -0.2) is 0 Å². The minimum atomic E-state index is -0.211. The minimum Gasteiger partial charge on any atom is -0.355 e. The Hall–Kier alpha value is -3.12. The maximum Gasteiger partial charge on any atom is 0.271 e. The van der Waals surface area contributed by atoms with Crippen LogP contribution in [-0.2, 0) is 4.79 Å². The third-order valence-corrected chi connectivity index (χ3v) is 6.71. The molecule has 3 aromatic rings. The molecule has 1 aliphatic rings. The summed E-state index contributed by atoms with van der Waals surface area (Å²) in [6.07, 6.45) is 1.46. The summed E-state index contributed by atoms with van der Waals surface area (Å²) < 4.78 is 1.38. The smallest absolute Gasteiger partial charge is 0.271 e. The highest BCUT2D eigenvalue weighted by molar-refractivity contribution is 6.31. The number of nitrogens with zero attached hydrogens (tertiary/aromatic N) is 3. The first kappa shape index (κ1) is 23.1. The standard InChI is InChI=1S/C26H29ClN4O2/c1-16-13-18(3)25(19(4)14-16)28-26(33)20-9-11-30(12-10-20)23-7-8-24(32)31(29-23)21-6-5-17(2)22(27)15-21/h5-8,13-15,20H,9-12H2,1-4H3,(H,28,33). The summed E-state index contributed by atoms with van der Waals surface area (Å²) in [4.78, 5) is 27.5. The number of aromatic nitrogens is 2. The molecule has 1 N–H and O–H groups in total. The zero-order chi connectivity index (χ0) is 23.7. The van der Waals surface area contributed by atoms with Crippen LogP contribution in [0.3, 0.4) is 0 Å². The predicted octanol–water partition coefficient (Wildman–Crippen LogP) is 4.97. The van der Waals surface area contributed by atoms with Gasteiger partial charge in [-0.05, 0) is 75.4 Å². The molecule has 0 unspecified atom stereocenters. The Balaban J connectivity index is 1.45. The quantitative estimate of drug-likeness (QED) is 0.591. The van der Waals surface area contributed by atoms with Crippen molar-refractivity contribution < 1.29 is 4.79 Å². The number of piperidine rings is 1. The zero-order valence-corrected chi connectivity index (χ0v) is 20.2. The van der Waals surface area contributed by atoms with Crippen LogP contribution in [0.1, 0.15) is 35.1 Å². The Morgan fingerprint density at radius 1 is 0.970 bits per heavy atom. The van der Waals surface area contributed by atoms with Crippen molar-refractivity contribution in [3.8, 4) is 5.69 Å². The lowest BCUT2D eigenvalue weighted by molar-refractivity contribution is -0.120. The van der Waals surface area contributed by atoms with Gasteiger partial charge >= 0.3 is 0 Å². The molecule has 0 atom stereocenters. The van der Waals surface area contributed by atoms with Gasteiger partial charge in [0.2, 0.25) is 5.91 Å². The summed E-state index contributed by atoms with van der Waals surface area (Å²) in [6, 6.07) is 12.9. The molecular formula is C26H29ClN4O2. The van der Waals surface area contributed by atoms with Gasteiger partial charge in [-0.3, -0.25) is 9.59 Å². The van der Waals surface area contributed by atoms with Crippen LogP contribution in [0, 0.1) is 33.6 Å². The molecule has 1 amide bonds. The molecule has 6 nitrogen and oxygen atoms in total. The lowest BCUT2D eigenvalue weighted by Crippen LogP contribution is -2.39. The van der Waals surface area contributed by atoms with Crippen LogP contribution >= 0.6 is 11.6 Å². The number of rotatable bonds is 4. The van der Waals surface area contributed by atoms with E-state index in [1.165, 1.54) is 16.3 Å². The van der Waals surface area contributed by atoms with E-state index in [1.807, 2.05) is 32.9 Å². The second-order valence-electron chi connectivity index (χ2n) is 8.90. The first-order valence-corrected chi connectivity index (χ1v) is 11.6. The highest BCUT2D eigenvalue weighted by atomic mass is 35.5. The van der Waals surface area contributed by atoms with Crippen molar-refractivity contribution in [2.75, 3.05) is 23.3 Å². The van der Waals surface area contributed by atoms with E-state index in [-0.39, 0.29) is 17.4 Å². The Morgan fingerprint density at radius 3 is 2.27 bits per heavy atom. The molecule has 0 aliphatic carbocycles. The second kappa shape index (κ2) is 9.40. The summed E-state index contributed by atoms with van der Waals surface area (Å²) in [6.45, 7) is 9.43. The third-order valence-electron chi connectivity index (χ3n) is 6.30. The largest absolute Gasteiger partial charge is 0.355 e. The summed E-state index contributed by atoms with van der Waals surface area (Å²) in [5.74, 6) is 0.732. The molecule has 1 saturated heterocycles. The van der Waals surface area contributed by atoms with Gasteiger partial charge < -0.3 is 10.2 Å². The predicted molar refractivity (Wildman–Crippen MR) is 134 cm³/mol. The number of aryl methyl sites for hydroxylation is 4. The van der Waals surface area contributed by atoms with Crippen LogP contribution < -0.4 is 15.8 Å². The summed E-state index contributed by atoms with van der Waals surface area (Å²) in [5.41, 5.74) is 5.65. The molecule has 0 bridgehead atoms. The van der Waals surface area contributed by atoms with Gasteiger partial charge in [0.1, 0.15) is 5.82 Å². The number of halogens is 1. The first-order chi connectivity index (χ1) is 15.7. The van der Waals surface area contributed by atoms with Gasteiger partial charge in [0.05, 0.1) is 5.69 Å². The number of hydrogen-bond donors (Lipinski definition) is 1. The van der Waals surface area contributed by atoms with Gasteiger partial charge in [0.15, 0.2) is 0 Å². The van der Waals surface area contributed by atoms with Gasteiger partial charge in [-0.2, -0.15) is 4.68 Å². The number of anilines is 2. The van der Waals surface area contributed by atoms with Crippen LogP contribution in [0.25, 0.3) is 5.69 Å². The van der Waals surface area contributed by atoms with E-state index in [1.54, 1.807) is 12.1 Å². The molecular weight excluding hydrogens is 436 g/mol. The fraction of sp³-hybridized carbons (Fsp3) is 0.346. The Morgan fingerprint density at radius 2 is 1.64 bits per heavy atom. The maximum absolute atomic E-state index is 12.9. The van der Waals surface area contributed by atoms with Crippen molar-refractivity contribution in [3.63, 3.8) is 0 Å². The molecule has 0 spiro atoms. The van der Waals surface area contributed by atoms with Gasteiger partial charge in [0, 0.05) is 35.8 Å². The molecule has 33 heavy (non-hydrogen) atoms. The number of amides is 1. The van der Waals surface area contributed by atoms with Crippen molar-refractivity contribution in [3.05, 3.63) is 80.1 Å². The average Bonchev–Trinajstić information content (AvgIpc) is 2.78. The Labute approximate surface area is 199 Å². The lowest BCUT2D eigenvalue weighted by Gasteiger charge is -2.32. The molecule has 0 saturated carbocycles. The highest BCUT2D eigenvalue weighted by Gasteiger charge is 2.26. The number of hydrogen-bond acceptors (Lipinski definition) is 4. The van der Waals surface area contributed by atoms with E-state index in [9.17, 15) is 9.59 Å². The van der Waals surface area contributed by atoms with Gasteiger partial charge in [-0.15, -0.1) is 5.10 Å². The number of nitrogens with one attached hydrogen (secondary N) is 1. The van der Waals surface area contributed by atoms with E-state index < -0.39 is 0 Å². The van der Waals surface area contributed by atoms with Crippen LogP contribution in [0.5, 0.6) is 0 Å². The van der Waals surface area contributed by atoms with Crippen molar-refractivity contribution in [2.45, 2.75) is 40.5 Å². The van der Waals surface area contributed by atoms with E-state index in [4.69, 9.17) is 11.6 Å². The molecule has 172 valence electrons. The molecule has 7 heteroatoms. The van der Waals surface area contributed by atoms with Crippen LogP contribution in [0.2, 0.25) is 5.02 Å². The fourth-order valence-corrected chi connectivity index (χ4v) is 4.62. The summed E-state index contributed by atoms with van der Waals surface area (Å²) in [7, 11) is 0. The molecule has 1 aliphatic heterocycles. The van der Waals surface area contributed by atoms with E-state index in [0.29, 0.717) is 23.8 Å². The summed E-state index contributed by atoms with van der Waals surface area (Å²) in [5, 5.41) is 8.32. The van der Waals surface area contributed by atoms with Crippen LogP contribution in [0.4, 0.5) is 11.5 Å². The van der Waals surface area contributed by atoms with Gasteiger partial charge in [-0.1, -0.05) is 35.4 Å². The SMILES string of the molecule is Cc1cc(C)c(NC(=O)C2CCN(c3ccc(=O)n(-c4ccc(C)c(Cl)c4)n3)CC2)c(C)c1. The number of carbonyl (C=O) groups is 1. The van der Waals surface area contributed by atoms with Crippen LogP contribution in [-0.4, -0.2) is 28.8 Å². The highest BCUT2D eigenvalue weighted by Crippen LogP contribution is 2.26. The van der Waals surface area contributed by atoms with Crippen molar-refractivity contribution in [2.24, 2.45) is 5.92 Å². The monoisotopic (exact) mass is 464 g/mol. The minimum absolute atomic E-state index is 0.0526.